The topological polar surface area (TPSA) is 56.1 Å². The highest BCUT2D eigenvalue weighted by Gasteiger charge is 2.16. The van der Waals surface area contributed by atoms with E-state index in [9.17, 15) is 9.18 Å². The number of anilines is 1. The van der Waals surface area contributed by atoms with E-state index >= 15 is 0 Å². The third kappa shape index (κ3) is 6.10. The zero-order valence-corrected chi connectivity index (χ0v) is 16.0. The zero-order valence-electron chi connectivity index (χ0n) is 14.4. The second-order valence-electron chi connectivity index (χ2n) is 6.20. The van der Waals surface area contributed by atoms with E-state index in [2.05, 4.69) is 26.3 Å². The number of rotatable bonds is 7. The van der Waals surface area contributed by atoms with Gasteiger partial charge in [0.05, 0.1) is 22.0 Å². The number of methoxy groups -OCH3 is 1. The molecule has 25 heavy (non-hydrogen) atoms. The lowest BCUT2D eigenvalue weighted by Crippen LogP contribution is -2.24. The summed E-state index contributed by atoms with van der Waals surface area (Å²) >= 11 is 3.11. The van der Waals surface area contributed by atoms with Gasteiger partial charge >= 0.3 is 0 Å². The highest BCUT2D eigenvalue weighted by molar-refractivity contribution is 9.10. The van der Waals surface area contributed by atoms with Gasteiger partial charge in [-0.3, -0.25) is 9.48 Å². The Labute approximate surface area is 155 Å². The Morgan fingerprint density at radius 1 is 1.48 bits per heavy atom. The fourth-order valence-electron chi connectivity index (χ4n) is 2.01. The highest BCUT2D eigenvalue weighted by atomic mass is 79.9. The Balaban J connectivity index is 1.90. The molecule has 7 heteroatoms. The molecule has 1 N–H and O–H groups in total. The van der Waals surface area contributed by atoms with E-state index in [4.69, 9.17) is 4.74 Å². The normalized spacial score (nSPS) is 11.9. The van der Waals surface area contributed by atoms with Gasteiger partial charge in [0.25, 0.3) is 0 Å². The maximum Gasteiger partial charge on any atom is 0.248 e. The molecular weight excluding hydrogens is 389 g/mol. The lowest BCUT2D eigenvalue weighted by Gasteiger charge is -2.22. The van der Waals surface area contributed by atoms with Crippen molar-refractivity contribution in [1.29, 1.82) is 0 Å². The fourth-order valence-corrected chi connectivity index (χ4v) is 2.40. The predicted octanol–water partition coefficient (Wildman–Crippen LogP) is 4.25. The molecule has 1 aromatic carbocycles. The number of aryl methyl sites for hydroxylation is 1. The fraction of sp³-hybridized carbons (Fsp3) is 0.333. The van der Waals surface area contributed by atoms with Crippen LogP contribution in [0.4, 0.5) is 10.1 Å². The summed E-state index contributed by atoms with van der Waals surface area (Å²) in [5.74, 6) is -0.622. The van der Waals surface area contributed by atoms with Crippen molar-refractivity contribution >= 4 is 33.6 Å². The molecule has 0 bridgehead atoms. The standard InChI is InChI=1S/C18H21BrFN3O2/c1-18(2,25-3)8-9-23-12-14(11-21-23)22-17(24)7-5-13-4-6-16(20)15(19)10-13/h4-7,10-12H,8-9H2,1-3H3,(H,22,24)/b7-5+. The largest absolute Gasteiger partial charge is 0.379 e. The molecule has 2 rings (SSSR count). The number of amides is 1. The van der Waals surface area contributed by atoms with Crippen LogP contribution < -0.4 is 5.32 Å². The third-order valence-corrected chi connectivity index (χ3v) is 4.37. The van der Waals surface area contributed by atoms with Crippen molar-refractivity contribution in [3.63, 3.8) is 0 Å². The lowest BCUT2D eigenvalue weighted by atomic mass is 10.1. The van der Waals surface area contributed by atoms with Gasteiger partial charge in [-0.05, 0) is 60.0 Å². The molecule has 0 aliphatic carbocycles. The molecule has 0 radical (unpaired) electrons. The second-order valence-corrected chi connectivity index (χ2v) is 7.06. The van der Waals surface area contributed by atoms with Crippen molar-refractivity contribution in [2.24, 2.45) is 0 Å². The molecule has 0 saturated carbocycles. The summed E-state index contributed by atoms with van der Waals surface area (Å²) < 4.78 is 20.7. The first-order valence-corrected chi connectivity index (χ1v) is 8.60. The summed E-state index contributed by atoms with van der Waals surface area (Å²) in [6, 6.07) is 4.54. The van der Waals surface area contributed by atoms with Gasteiger partial charge < -0.3 is 10.1 Å². The van der Waals surface area contributed by atoms with Gasteiger partial charge in [0.1, 0.15) is 5.82 Å². The molecule has 0 aliphatic rings. The van der Waals surface area contributed by atoms with E-state index in [1.54, 1.807) is 42.4 Å². The number of halogens is 2. The average molecular weight is 410 g/mol. The SMILES string of the molecule is COC(C)(C)CCn1cc(NC(=O)/C=C/c2ccc(F)c(Br)c2)cn1. The average Bonchev–Trinajstić information content (AvgIpc) is 3.02. The van der Waals surface area contributed by atoms with Crippen LogP contribution >= 0.6 is 15.9 Å². The number of hydrogen-bond acceptors (Lipinski definition) is 3. The Hall–Kier alpha value is -1.99. The van der Waals surface area contributed by atoms with Gasteiger partial charge in [0.2, 0.25) is 5.91 Å². The van der Waals surface area contributed by atoms with E-state index in [0.717, 1.165) is 12.0 Å². The molecule has 0 saturated heterocycles. The maximum atomic E-state index is 13.2. The molecule has 0 spiro atoms. The summed E-state index contributed by atoms with van der Waals surface area (Å²) in [4.78, 5) is 12.0. The predicted molar refractivity (Wildman–Crippen MR) is 99.7 cm³/mol. The van der Waals surface area contributed by atoms with Crippen LogP contribution in [-0.4, -0.2) is 28.4 Å². The number of benzene rings is 1. The molecule has 2 aromatic rings. The van der Waals surface area contributed by atoms with Gasteiger partial charge in [-0.2, -0.15) is 5.10 Å². The number of carbonyl (C=O) groups excluding carboxylic acids is 1. The van der Waals surface area contributed by atoms with Crippen molar-refractivity contribution in [3.8, 4) is 0 Å². The molecular formula is C18H21BrFN3O2. The number of hydrogen-bond donors (Lipinski definition) is 1. The van der Waals surface area contributed by atoms with Gasteiger partial charge in [0, 0.05) is 25.9 Å². The van der Waals surface area contributed by atoms with Crippen LogP contribution in [0.2, 0.25) is 0 Å². The Morgan fingerprint density at radius 2 is 2.24 bits per heavy atom. The molecule has 1 aromatic heterocycles. The quantitative estimate of drug-likeness (QED) is 0.695. The Kier molecular flexibility index (Phi) is 6.50. The summed E-state index contributed by atoms with van der Waals surface area (Å²) in [5, 5.41) is 6.96. The molecule has 0 aliphatic heterocycles. The molecule has 1 heterocycles. The minimum Gasteiger partial charge on any atom is -0.379 e. The first-order chi connectivity index (χ1) is 11.8. The van der Waals surface area contributed by atoms with E-state index in [0.29, 0.717) is 16.7 Å². The molecule has 0 fully saturated rings. The summed E-state index contributed by atoms with van der Waals surface area (Å²) in [6.07, 6.45) is 7.18. The van der Waals surface area contributed by atoms with Gasteiger partial charge in [0.15, 0.2) is 0 Å². The van der Waals surface area contributed by atoms with Crippen molar-refractivity contribution in [2.75, 3.05) is 12.4 Å². The van der Waals surface area contributed by atoms with Crippen molar-refractivity contribution in [3.05, 3.63) is 52.5 Å². The van der Waals surface area contributed by atoms with Crippen molar-refractivity contribution < 1.29 is 13.9 Å². The van der Waals surface area contributed by atoms with Crippen LogP contribution in [0, 0.1) is 5.82 Å². The number of nitrogens with zero attached hydrogens (tertiary/aromatic N) is 2. The molecule has 0 unspecified atom stereocenters. The van der Waals surface area contributed by atoms with Crippen LogP contribution in [0.3, 0.4) is 0 Å². The third-order valence-electron chi connectivity index (χ3n) is 3.77. The first kappa shape index (κ1) is 19.3. The summed E-state index contributed by atoms with van der Waals surface area (Å²) in [5.41, 5.74) is 1.12. The van der Waals surface area contributed by atoms with E-state index in [-0.39, 0.29) is 17.3 Å². The molecule has 0 atom stereocenters. The minimum absolute atomic E-state index is 0.221. The first-order valence-electron chi connectivity index (χ1n) is 7.81. The van der Waals surface area contributed by atoms with E-state index < -0.39 is 0 Å². The maximum absolute atomic E-state index is 13.2. The number of ether oxygens (including phenoxy) is 1. The second kappa shape index (κ2) is 8.40. The molecule has 1 amide bonds. The number of nitrogens with one attached hydrogen (secondary N) is 1. The van der Waals surface area contributed by atoms with Crippen molar-refractivity contribution in [1.82, 2.24) is 9.78 Å². The van der Waals surface area contributed by atoms with Gasteiger partial charge in [-0.15, -0.1) is 0 Å². The molecule has 5 nitrogen and oxygen atoms in total. The van der Waals surface area contributed by atoms with Gasteiger partial charge in [-0.25, -0.2) is 4.39 Å². The van der Waals surface area contributed by atoms with Crippen LogP contribution in [0.5, 0.6) is 0 Å². The zero-order chi connectivity index (χ0) is 18.4. The summed E-state index contributed by atoms with van der Waals surface area (Å²) in [7, 11) is 1.68. The van der Waals surface area contributed by atoms with E-state index in [1.165, 1.54) is 12.1 Å². The van der Waals surface area contributed by atoms with Crippen LogP contribution in [-0.2, 0) is 16.1 Å². The van der Waals surface area contributed by atoms with Crippen molar-refractivity contribution in [2.45, 2.75) is 32.4 Å². The Morgan fingerprint density at radius 3 is 2.92 bits per heavy atom. The monoisotopic (exact) mass is 409 g/mol. The number of carbonyl (C=O) groups is 1. The minimum atomic E-state index is -0.342. The lowest BCUT2D eigenvalue weighted by molar-refractivity contribution is -0.111. The van der Waals surface area contributed by atoms with Gasteiger partial charge in [-0.1, -0.05) is 6.07 Å². The summed E-state index contributed by atoms with van der Waals surface area (Å²) in [6.45, 7) is 4.71. The van der Waals surface area contributed by atoms with Crippen LogP contribution in [0.1, 0.15) is 25.8 Å². The highest BCUT2D eigenvalue weighted by Crippen LogP contribution is 2.18. The van der Waals surface area contributed by atoms with Crippen LogP contribution in [0.25, 0.3) is 6.08 Å². The van der Waals surface area contributed by atoms with E-state index in [1.807, 2.05) is 13.8 Å². The van der Waals surface area contributed by atoms with Crippen LogP contribution in [0.15, 0.2) is 41.1 Å². The number of aromatic nitrogens is 2. The Bertz CT molecular complexity index is 771. The smallest absolute Gasteiger partial charge is 0.248 e. The molecule has 134 valence electrons.